The summed E-state index contributed by atoms with van der Waals surface area (Å²) in [4.78, 5) is 28.5. The number of hydrogen-bond donors (Lipinski definition) is 1. The number of nitrogens with zero attached hydrogens (tertiary/aromatic N) is 2. The highest BCUT2D eigenvalue weighted by atomic mass is 79.9. The molecule has 3 aromatic rings. The molecule has 0 fully saturated rings. The fraction of sp³-hybridized carbons (Fsp3) is 0. The first-order valence-corrected chi connectivity index (χ1v) is 9.08. The van der Waals surface area contributed by atoms with Gasteiger partial charge in [-0.05, 0) is 42.5 Å². The van der Waals surface area contributed by atoms with Gasteiger partial charge in [0.1, 0.15) is 4.88 Å². The van der Waals surface area contributed by atoms with Crippen LogP contribution in [-0.4, -0.2) is 15.6 Å². The molecule has 5 nitrogen and oxygen atoms in total. The van der Waals surface area contributed by atoms with Gasteiger partial charge in [-0.1, -0.05) is 38.9 Å². The van der Waals surface area contributed by atoms with Gasteiger partial charge in [-0.15, -0.1) is 0 Å². The molecule has 0 saturated heterocycles. The number of amides is 1. The van der Waals surface area contributed by atoms with Crippen LogP contribution in [0.1, 0.15) is 4.88 Å². The molecule has 2 heterocycles. The normalized spacial score (nSPS) is 13.0. The zero-order chi connectivity index (χ0) is 17.7. The second kappa shape index (κ2) is 5.94. The molecule has 0 unspecified atom stereocenters. The van der Waals surface area contributed by atoms with E-state index in [1.54, 1.807) is 42.5 Å². The molecule has 1 amide bonds. The van der Waals surface area contributed by atoms with Crippen molar-refractivity contribution in [2.45, 2.75) is 0 Å². The van der Waals surface area contributed by atoms with E-state index in [4.69, 9.17) is 11.6 Å². The van der Waals surface area contributed by atoms with E-state index in [-0.39, 0.29) is 16.3 Å². The first kappa shape index (κ1) is 16.3. The average molecular weight is 436 g/mol. The van der Waals surface area contributed by atoms with E-state index in [1.807, 2.05) is 0 Å². The van der Waals surface area contributed by atoms with Crippen LogP contribution >= 0.6 is 38.9 Å². The van der Waals surface area contributed by atoms with Crippen molar-refractivity contribution < 1.29 is 9.90 Å². The third-order valence-electron chi connectivity index (χ3n) is 3.76. The van der Waals surface area contributed by atoms with Gasteiger partial charge < -0.3 is 5.11 Å². The maximum Gasteiger partial charge on any atom is 0.315 e. The predicted molar refractivity (Wildman–Crippen MR) is 99.0 cm³/mol. The topological polar surface area (TPSA) is 71.7 Å². The second-order valence-corrected chi connectivity index (χ2v) is 7.60. The Morgan fingerprint density at radius 3 is 2.56 bits per heavy atom. The van der Waals surface area contributed by atoms with Crippen molar-refractivity contribution >= 4 is 50.3 Å². The van der Waals surface area contributed by atoms with Crippen molar-refractivity contribution in [3.05, 3.63) is 77.1 Å². The Labute approximate surface area is 158 Å². The molecule has 1 aromatic heterocycles. The molecule has 1 N–H and O–H groups in total. The minimum absolute atomic E-state index is 0.200. The van der Waals surface area contributed by atoms with Crippen LogP contribution in [0, 0.1) is 0 Å². The number of aromatic nitrogens is 1. The van der Waals surface area contributed by atoms with Crippen molar-refractivity contribution in [2.75, 3.05) is 0 Å². The quantitative estimate of drug-likeness (QED) is 0.672. The lowest BCUT2D eigenvalue weighted by molar-refractivity contribution is -0.112. The Balaban J connectivity index is 2.00. The van der Waals surface area contributed by atoms with Crippen LogP contribution in [0.25, 0.3) is 11.3 Å². The number of carbonyl (C=O) groups is 1. The van der Waals surface area contributed by atoms with Gasteiger partial charge >= 0.3 is 4.87 Å². The lowest BCUT2D eigenvalue weighted by Gasteiger charge is -2.04. The van der Waals surface area contributed by atoms with Gasteiger partial charge in [-0.2, -0.15) is 0 Å². The standard InChI is InChI=1S/C17H8BrClN2O3S/c18-8-1-6-12-11(7-8)13(15(22)20-12)14-16(23)21(17(24)25-14)10-4-2-9(19)3-5-10/h1-7,23H. The van der Waals surface area contributed by atoms with Crippen LogP contribution < -0.4 is 15.4 Å². The predicted octanol–water partition coefficient (Wildman–Crippen LogP) is 2.38. The van der Waals surface area contributed by atoms with Gasteiger partial charge in [0.25, 0.3) is 5.91 Å². The Bertz CT molecular complexity index is 1210. The molecule has 0 bridgehead atoms. The van der Waals surface area contributed by atoms with Crippen LogP contribution in [0.5, 0.6) is 5.88 Å². The summed E-state index contributed by atoms with van der Waals surface area (Å²) in [7, 11) is 0. The zero-order valence-electron chi connectivity index (χ0n) is 12.4. The maximum atomic E-state index is 12.4. The number of hydrogen-bond acceptors (Lipinski definition) is 4. The number of rotatable bonds is 2. The van der Waals surface area contributed by atoms with E-state index in [0.29, 0.717) is 21.3 Å². The van der Waals surface area contributed by atoms with Crippen LogP contribution in [0.4, 0.5) is 0 Å². The average Bonchev–Trinajstić information content (AvgIpc) is 3.04. The molecule has 4 rings (SSSR count). The number of halogens is 2. The molecule has 124 valence electrons. The molecule has 1 aliphatic rings. The highest BCUT2D eigenvalue weighted by molar-refractivity contribution is 9.10. The second-order valence-electron chi connectivity index (χ2n) is 5.29. The van der Waals surface area contributed by atoms with Crippen molar-refractivity contribution in [3.63, 3.8) is 0 Å². The highest BCUT2D eigenvalue weighted by Crippen LogP contribution is 2.30. The number of thiazole rings is 1. The first-order valence-electron chi connectivity index (χ1n) is 7.10. The highest BCUT2D eigenvalue weighted by Gasteiger charge is 2.26. The molecule has 25 heavy (non-hydrogen) atoms. The smallest absolute Gasteiger partial charge is 0.315 e. The minimum Gasteiger partial charge on any atom is -0.493 e. The number of fused-ring (bicyclic) bond motifs is 1. The third-order valence-corrected chi connectivity index (χ3v) is 5.46. The van der Waals surface area contributed by atoms with Crippen LogP contribution in [-0.2, 0) is 4.79 Å². The van der Waals surface area contributed by atoms with E-state index in [1.165, 1.54) is 0 Å². The third kappa shape index (κ3) is 2.64. The summed E-state index contributed by atoms with van der Waals surface area (Å²) in [5, 5.41) is 12.2. The van der Waals surface area contributed by atoms with E-state index < -0.39 is 10.8 Å². The van der Waals surface area contributed by atoms with Gasteiger partial charge in [0.15, 0.2) is 0 Å². The summed E-state index contributed by atoms with van der Waals surface area (Å²) in [5.74, 6) is -0.767. The summed E-state index contributed by atoms with van der Waals surface area (Å²) in [5.41, 5.74) is 0.690. The van der Waals surface area contributed by atoms with Crippen LogP contribution in [0.2, 0.25) is 5.02 Å². The molecule has 2 aromatic carbocycles. The van der Waals surface area contributed by atoms with Crippen molar-refractivity contribution in [3.8, 4) is 11.6 Å². The van der Waals surface area contributed by atoms with Crippen LogP contribution in [0.15, 0.2) is 56.7 Å². The summed E-state index contributed by atoms with van der Waals surface area (Å²) in [6.45, 7) is 0. The molecule has 1 aliphatic heterocycles. The Morgan fingerprint density at radius 2 is 1.84 bits per heavy atom. The summed E-state index contributed by atoms with van der Waals surface area (Å²) in [6.07, 6.45) is 0. The van der Waals surface area contributed by atoms with Gasteiger partial charge in [0, 0.05) is 14.7 Å². The first-order chi connectivity index (χ1) is 12.0. The molecule has 0 atom stereocenters. The Kier molecular flexibility index (Phi) is 3.87. The van der Waals surface area contributed by atoms with Crippen molar-refractivity contribution in [1.82, 2.24) is 4.57 Å². The monoisotopic (exact) mass is 434 g/mol. The molecular weight excluding hydrogens is 428 g/mol. The number of carbonyl (C=O) groups excluding carboxylic acids is 1. The summed E-state index contributed by atoms with van der Waals surface area (Å²) < 4.78 is 1.92. The van der Waals surface area contributed by atoms with E-state index in [9.17, 15) is 14.7 Å². The maximum absolute atomic E-state index is 12.4. The fourth-order valence-electron chi connectivity index (χ4n) is 2.65. The van der Waals surface area contributed by atoms with Gasteiger partial charge in [-0.25, -0.2) is 9.56 Å². The Hall–Kier alpha value is -2.22. The van der Waals surface area contributed by atoms with Gasteiger partial charge in [0.05, 0.1) is 16.6 Å². The lowest BCUT2D eigenvalue weighted by atomic mass is 10.1. The molecule has 0 saturated carbocycles. The lowest BCUT2D eigenvalue weighted by Crippen LogP contribution is -2.22. The van der Waals surface area contributed by atoms with Gasteiger partial charge in [-0.3, -0.25) is 9.59 Å². The summed E-state index contributed by atoms with van der Waals surface area (Å²) >= 11 is 10.0. The number of aromatic hydroxyl groups is 1. The zero-order valence-corrected chi connectivity index (χ0v) is 15.5. The van der Waals surface area contributed by atoms with Gasteiger partial charge in [0.2, 0.25) is 5.88 Å². The molecule has 0 radical (unpaired) electrons. The van der Waals surface area contributed by atoms with E-state index >= 15 is 0 Å². The SMILES string of the molecule is O=C1N=c2ccc(Br)cc2=C1c1sc(=O)n(-c2ccc(Cl)cc2)c1O. The molecular formula is C17H8BrClN2O3S. The number of benzene rings is 2. The fourth-order valence-corrected chi connectivity index (χ4v) is 4.08. The molecule has 0 aliphatic carbocycles. The van der Waals surface area contributed by atoms with E-state index in [0.717, 1.165) is 20.4 Å². The summed E-state index contributed by atoms with van der Waals surface area (Å²) in [6, 6.07) is 11.7. The largest absolute Gasteiger partial charge is 0.493 e. The molecule has 0 spiro atoms. The molecule has 8 heteroatoms. The van der Waals surface area contributed by atoms with E-state index in [2.05, 4.69) is 20.9 Å². The van der Waals surface area contributed by atoms with Crippen molar-refractivity contribution in [2.24, 2.45) is 4.99 Å². The Morgan fingerprint density at radius 1 is 1.12 bits per heavy atom. The van der Waals surface area contributed by atoms with Crippen LogP contribution in [0.3, 0.4) is 0 Å². The minimum atomic E-state index is -0.479. The van der Waals surface area contributed by atoms with Crippen molar-refractivity contribution in [1.29, 1.82) is 0 Å².